The molecule has 1 fully saturated rings. The summed E-state index contributed by atoms with van der Waals surface area (Å²) in [5.41, 5.74) is 2.36. The topological polar surface area (TPSA) is 86.4 Å². The van der Waals surface area contributed by atoms with E-state index in [1.54, 1.807) is 44.3 Å². The Labute approximate surface area is 154 Å². The molecule has 0 aliphatic heterocycles. The Morgan fingerprint density at radius 2 is 1.96 bits per heavy atom. The molecular weight excluding hydrogens is 352 g/mol. The molecule has 1 saturated carbocycles. The molecule has 0 bridgehead atoms. The first-order chi connectivity index (χ1) is 12.3. The summed E-state index contributed by atoms with van der Waals surface area (Å²) in [6, 6.07) is 9.80. The monoisotopic (exact) mass is 376 g/mol. The Morgan fingerprint density at radius 3 is 2.54 bits per heavy atom. The standard InChI is InChI=1S/C18H24N4O3S/c1-13(22(26(3,24)25)16-7-5-4-6-8-16)18(23)21(2)12-15-11-17(20-19-15)14-9-10-14/h4-8,11,13-14H,9-10,12H2,1-3H3,(H,19,20)/t13-/m0/s1. The number of para-hydroxylation sites is 1. The van der Waals surface area contributed by atoms with Gasteiger partial charge in [-0.2, -0.15) is 5.10 Å². The van der Waals surface area contributed by atoms with Crippen molar-refractivity contribution in [3.05, 3.63) is 47.8 Å². The van der Waals surface area contributed by atoms with Crippen LogP contribution >= 0.6 is 0 Å². The van der Waals surface area contributed by atoms with Crippen LogP contribution < -0.4 is 4.31 Å². The minimum absolute atomic E-state index is 0.276. The highest BCUT2D eigenvalue weighted by atomic mass is 32.2. The van der Waals surface area contributed by atoms with E-state index in [2.05, 4.69) is 10.2 Å². The quantitative estimate of drug-likeness (QED) is 0.802. The van der Waals surface area contributed by atoms with Gasteiger partial charge in [0.25, 0.3) is 0 Å². The molecule has 26 heavy (non-hydrogen) atoms. The second kappa shape index (κ2) is 7.11. The van der Waals surface area contributed by atoms with Crippen molar-refractivity contribution in [2.75, 3.05) is 17.6 Å². The maximum atomic E-state index is 12.8. The van der Waals surface area contributed by atoms with Crippen LogP contribution in [0.4, 0.5) is 5.69 Å². The fraction of sp³-hybridized carbons (Fsp3) is 0.444. The number of aromatic nitrogens is 2. The highest BCUT2D eigenvalue weighted by molar-refractivity contribution is 7.92. The van der Waals surface area contributed by atoms with Crippen LogP contribution in [0.15, 0.2) is 36.4 Å². The van der Waals surface area contributed by atoms with Gasteiger partial charge in [0.05, 0.1) is 29.9 Å². The number of H-pyrrole nitrogens is 1. The van der Waals surface area contributed by atoms with Crippen molar-refractivity contribution in [2.24, 2.45) is 0 Å². The Balaban J connectivity index is 1.75. The van der Waals surface area contributed by atoms with Crippen molar-refractivity contribution in [1.82, 2.24) is 15.1 Å². The number of rotatable bonds is 7. The number of carbonyl (C=O) groups is 1. The van der Waals surface area contributed by atoms with Crippen LogP contribution in [0.2, 0.25) is 0 Å². The normalized spacial score (nSPS) is 15.5. The first-order valence-corrected chi connectivity index (χ1v) is 10.5. The Kier molecular flexibility index (Phi) is 5.04. The van der Waals surface area contributed by atoms with E-state index in [1.807, 2.05) is 6.07 Å². The van der Waals surface area contributed by atoms with E-state index in [-0.39, 0.29) is 5.91 Å². The lowest BCUT2D eigenvalue weighted by Gasteiger charge is -2.31. The summed E-state index contributed by atoms with van der Waals surface area (Å²) in [5.74, 6) is 0.264. The van der Waals surface area contributed by atoms with E-state index in [4.69, 9.17) is 0 Å². The maximum Gasteiger partial charge on any atom is 0.246 e. The van der Waals surface area contributed by atoms with Gasteiger partial charge < -0.3 is 4.90 Å². The predicted octanol–water partition coefficient (Wildman–Crippen LogP) is 2.10. The van der Waals surface area contributed by atoms with Gasteiger partial charge in [-0.05, 0) is 38.0 Å². The van der Waals surface area contributed by atoms with Gasteiger partial charge in [-0.3, -0.25) is 14.2 Å². The second-order valence-electron chi connectivity index (χ2n) is 6.86. The molecule has 0 saturated heterocycles. The number of aromatic amines is 1. The number of benzene rings is 1. The van der Waals surface area contributed by atoms with Crippen LogP contribution in [-0.2, 0) is 21.4 Å². The molecule has 0 unspecified atom stereocenters. The van der Waals surface area contributed by atoms with Crippen LogP contribution in [-0.4, -0.2) is 48.8 Å². The zero-order valence-electron chi connectivity index (χ0n) is 15.2. The average molecular weight is 376 g/mol. The first kappa shape index (κ1) is 18.4. The molecule has 1 atom stereocenters. The van der Waals surface area contributed by atoms with Gasteiger partial charge in [0, 0.05) is 13.0 Å². The molecule has 1 N–H and O–H groups in total. The number of likely N-dealkylation sites (N-methyl/N-ethyl adjacent to an activating group) is 1. The minimum atomic E-state index is -3.60. The van der Waals surface area contributed by atoms with Crippen molar-refractivity contribution in [3.8, 4) is 0 Å². The summed E-state index contributed by atoms with van der Waals surface area (Å²) >= 11 is 0. The van der Waals surface area contributed by atoms with E-state index < -0.39 is 16.1 Å². The smallest absolute Gasteiger partial charge is 0.246 e. The van der Waals surface area contributed by atoms with E-state index in [9.17, 15) is 13.2 Å². The SMILES string of the molecule is C[C@@H](C(=O)N(C)Cc1cc(C2CC2)n[nH]1)N(c1ccccc1)S(C)(=O)=O. The molecule has 0 spiro atoms. The first-order valence-electron chi connectivity index (χ1n) is 8.61. The third kappa shape index (κ3) is 4.07. The highest BCUT2D eigenvalue weighted by Crippen LogP contribution is 2.39. The average Bonchev–Trinajstić information content (AvgIpc) is 3.34. The summed E-state index contributed by atoms with van der Waals surface area (Å²) in [5, 5.41) is 7.26. The van der Waals surface area contributed by atoms with E-state index in [0.29, 0.717) is 18.2 Å². The summed E-state index contributed by atoms with van der Waals surface area (Å²) in [6.07, 6.45) is 3.44. The van der Waals surface area contributed by atoms with Crippen molar-refractivity contribution >= 4 is 21.6 Å². The maximum absolute atomic E-state index is 12.8. The van der Waals surface area contributed by atoms with Crippen molar-refractivity contribution < 1.29 is 13.2 Å². The zero-order chi connectivity index (χ0) is 18.9. The molecule has 2 aromatic rings. The van der Waals surface area contributed by atoms with Crippen molar-refractivity contribution in [2.45, 2.75) is 38.3 Å². The number of carbonyl (C=O) groups excluding carboxylic acids is 1. The molecule has 1 aliphatic carbocycles. The van der Waals surface area contributed by atoms with Gasteiger partial charge in [0.2, 0.25) is 15.9 Å². The van der Waals surface area contributed by atoms with E-state index in [0.717, 1.165) is 34.8 Å². The molecule has 1 heterocycles. The number of hydrogen-bond donors (Lipinski definition) is 1. The molecule has 7 nitrogen and oxygen atoms in total. The molecule has 140 valence electrons. The van der Waals surface area contributed by atoms with E-state index in [1.165, 1.54) is 4.90 Å². The van der Waals surface area contributed by atoms with Gasteiger partial charge in [-0.25, -0.2) is 8.42 Å². The number of amides is 1. The van der Waals surface area contributed by atoms with Crippen LogP contribution in [0.3, 0.4) is 0 Å². The Bertz CT molecular complexity index is 875. The fourth-order valence-corrected chi connectivity index (χ4v) is 4.25. The number of nitrogens with one attached hydrogen (secondary N) is 1. The summed E-state index contributed by atoms with van der Waals surface area (Å²) < 4.78 is 25.7. The van der Waals surface area contributed by atoms with Crippen LogP contribution in [0.5, 0.6) is 0 Å². The van der Waals surface area contributed by atoms with E-state index >= 15 is 0 Å². The van der Waals surface area contributed by atoms with Crippen LogP contribution in [0.1, 0.15) is 37.1 Å². The summed E-state index contributed by atoms with van der Waals surface area (Å²) in [6.45, 7) is 1.96. The molecule has 1 aromatic heterocycles. The number of anilines is 1. The van der Waals surface area contributed by atoms with Crippen LogP contribution in [0.25, 0.3) is 0 Å². The predicted molar refractivity (Wildman–Crippen MR) is 100 cm³/mol. The van der Waals surface area contributed by atoms with Gasteiger partial charge in [0.15, 0.2) is 0 Å². The van der Waals surface area contributed by atoms with Gasteiger partial charge in [-0.15, -0.1) is 0 Å². The molecule has 1 aromatic carbocycles. The minimum Gasteiger partial charge on any atom is -0.338 e. The lowest BCUT2D eigenvalue weighted by Crippen LogP contribution is -2.48. The number of sulfonamides is 1. The van der Waals surface area contributed by atoms with Crippen molar-refractivity contribution in [1.29, 1.82) is 0 Å². The Hall–Kier alpha value is -2.35. The second-order valence-corrected chi connectivity index (χ2v) is 8.72. The molecule has 8 heteroatoms. The molecule has 0 radical (unpaired) electrons. The van der Waals surface area contributed by atoms with Gasteiger partial charge in [-0.1, -0.05) is 18.2 Å². The zero-order valence-corrected chi connectivity index (χ0v) is 16.0. The summed E-state index contributed by atoms with van der Waals surface area (Å²) in [4.78, 5) is 14.4. The number of nitrogens with zero attached hydrogens (tertiary/aromatic N) is 3. The Morgan fingerprint density at radius 1 is 1.31 bits per heavy atom. The highest BCUT2D eigenvalue weighted by Gasteiger charge is 2.31. The molecular formula is C18H24N4O3S. The van der Waals surface area contributed by atoms with Crippen LogP contribution in [0, 0.1) is 0 Å². The lowest BCUT2D eigenvalue weighted by molar-refractivity contribution is -0.131. The molecule has 3 rings (SSSR count). The van der Waals surface area contributed by atoms with Crippen molar-refractivity contribution in [3.63, 3.8) is 0 Å². The largest absolute Gasteiger partial charge is 0.338 e. The van der Waals surface area contributed by atoms with Gasteiger partial charge >= 0.3 is 0 Å². The van der Waals surface area contributed by atoms with Gasteiger partial charge in [0.1, 0.15) is 6.04 Å². The number of hydrogen-bond acceptors (Lipinski definition) is 4. The summed E-state index contributed by atoms with van der Waals surface area (Å²) in [7, 11) is -1.93. The third-order valence-electron chi connectivity index (χ3n) is 4.51. The fourth-order valence-electron chi connectivity index (χ4n) is 3.08. The molecule has 1 aliphatic rings. The molecule has 1 amide bonds. The third-order valence-corrected chi connectivity index (χ3v) is 5.75. The lowest BCUT2D eigenvalue weighted by atomic mass is 10.2.